The largest absolute Gasteiger partial charge is 0.750 e. The van der Waals surface area contributed by atoms with E-state index in [-0.39, 0.29) is 0 Å². The molecule has 0 saturated carbocycles. The summed E-state index contributed by atoms with van der Waals surface area (Å²) in [5, 5.41) is 36.3. The van der Waals surface area contributed by atoms with Crippen LogP contribution in [0.3, 0.4) is 0 Å². The van der Waals surface area contributed by atoms with Gasteiger partial charge in [-0.05, 0) is 0 Å². The predicted molar refractivity (Wildman–Crippen MR) is 43.8 cm³/mol. The van der Waals surface area contributed by atoms with E-state index in [2.05, 4.69) is 8.92 Å². The van der Waals surface area contributed by atoms with Crippen molar-refractivity contribution in [1.82, 2.24) is 0 Å². The summed E-state index contributed by atoms with van der Waals surface area (Å²) in [6.45, 7) is -0.664. The molecule has 0 aromatic heterocycles. The second-order valence-corrected chi connectivity index (χ2v) is 3.59. The molecule has 0 amide bonds. The van der Waals surface area contributed by atoms with Crippen molar-refractivity contribution < 1.29 is 38.1 Å². The van der Waals surface area contributed by atoms with E-state index < -0.39 is 48.7 Å². The monoisotopic (exact) mass is 243 g/mol. The lowest BCUT2D eigenvalue weighted by molar-refractivity contribution is -0.281. The van der Waals surface area contributed by atoms with Crippen molar-refractivity contribution in [2.24, 2.45) is 0 Å². The lowest BCUT2D eigenvalue weighted by atomic mass is 9.99. The Morgan fingerprint density at radius 3 is 2.40 bits per heavy atom. The SMILES string of the molecule is O=S([O-])O[C@H]1C(CO)O[C@@H](O)C(O)[C@@H]1O. The molecule has 1 aliphatic rings. The van der Waals surface area contributed by atoms with Gasteiger partial charge in [0, 0.05) is 0 Å². The summed E-state index contributed by atoms with van der Waals surface area (Å²) in [5.74, 6) is 0. The standard InChI is InChI=1S/C6H12O8S/c7-1-2-5(14-15(11)12)3(8)4(9)6(10)13-2/h2-10H,1H2,(H,11,12)/p-1/t2?,3-,4?,5-,6+/m0/s1. The molecule has 0 aromatic carbocycles. The highest BCUT2D eigenvalue weighted by Crippen LogP contribution is 2.22. The molecule has 9 heteroatoms. The molecule has 1 fully saturated rings. The lowest BCUT2D eigenvalue weighted by Gasteiger charge is -2.39. The van der Waals surface area contributed by atoms with Crippen LogP contribution < -0.4 is 0 Å². The summed E-state index contributed by atoms with van der Waals surface area (Å²) in [6.07, 6.45) is -7.73. The predicted octanol–water partition coefficient (Wildman–Crippen LogP) is -3.40. The van der Waals surface area contributed by atoms with E-state index in [0.717, 1.165) is 0 Å². The molecule has 0 radical (unpaired) electrons. The van der Waals surface area contributed by atoms with E-state index in [1.54, 1.807) is 0 Å². The van der Waals surface area contributed by atoms with E-state index in [4.69, 9.17) is 15.3 Å². The first-order chi connectivity index (χ1) is 6.97. The Hall–Kier alpha value is -0.130. The molecule has 1 rings (SSSR count). The number of rotatable bonds is 3. The number of aliphatic hydroxyl groups is 4. The van der Waals surface area contributed by atoms with E-state index in [0.29, 0.717) is 0 Å². The first-order valence-corrected chi connectivity index (χ1v) is 5.04. The molecule has 4 N–H and O–H groups in total. The molecular weight excluding hydrogens is 232 g/mol. The van der Waals surface area contributed by atoms with Crippen molar-refractivity contribution in [3.8, 4) is 0 Å². The minimum atomic E-state index is -2.93. The van der Waals surface area contributed by atoms with Gasteiger partial charge in [-0.2, -0.15) is 0 Å². The fourth-order valence-electron chi connectivity index (χ4n) is 1.28. The van der Waals surface area contributed by atoms with Crippen LogP contribution in [0.15, 0.2) is 0 Å². The molecule has 0 aromatic rings. The van der Waals surface area contributed by atoms with Gasteiger partial charge in [-0.1, -0.05) is 0 Å². The Morgan fingerprint density at radius 1 is 1.33 bits per heavy atom. The highest BCUT2D eigenvalue weighted by Gasteiger charge is 2.44. The van der Waals surface area contributed by atoms with Crippen LogP contribution in [0.2, 0.25) is 0 Å². The van der Waals surface area contributed by atoms with Gasteiger partial charge >= 0.3 is 0 Å². The molecule has 1 aliphatic heterocycles. The Bertz CT molecular complexity index is 233. The van der Waals surface area contributed by atoms with Crippen molar-refractivity contribution in [2.75, 3.05) is 6.61 Å². The van der Waals surface area contributed by atoms with Gasteiger partial charge in [-0.15, -0.1) is 0 Å². The number of ether oxygens (including phenoxy) is 1. The van der Waals surface area contributed by atoms with E-state index >= 15 is 0 Å². The fraction of sp³-hybridized carbons (Fsp3) is 1.00. The molecule has 3 unspecified atom stereocenters. The second-order valence-electron chi connectivity index (χ2n) is 2.99. The Labute approximate surface area is 87.5 Å². The van der Waals surface area contributed by atoms with Gasteiger partial charge in [0.1, 0.15) is 24.4 Å². The quantitative estimate of drug-likeness (QED) is 0.376. The summed E-state index contributed by atoms with van der Waals surface area (Å²) in [5.41, 5.74) is 0. The van der Waals surface area contributed by atoms with Crippen molar-refractivity contribution >= 4 is 11.4 Å². The normalized spacial score (nSPS) is 43.9. The Morgan fingerprint density at radius 2 is 1.93 bits per heavy atom. The molecule has 0 spiro atoms. The minimum Gasteiger partial charge on any atom is -0.750 e. The maximum absolute atomic E-state index is 10.2. The summed E-state index contributed by atoms with van der Waals surface area (Å²) in [4.78, 5) is 0. The molecule has 1 heterocycles. The van der Waals surface area contributed by atoms with Crippen LogP contribution >= 0.6 is 0 Å². The van der Waals surface area contributed by atoms with Crippen molar-refractivity contribution in [2.45, 2.75) is 30.7 Å². The second kappa shape index (κ2) is 5.27. The summed E-state index contributed by atoms with van der Waals surface area (Å²) in [6, 6.07) is 0. The van der Waals surface area contributed by atoms with Crippen LogP contribution in [-0.2, 0) is 20.3 Å². The summed E-state index contributed by atoms with van der Waals surface area (Å²) in [7, 11) is 0. The van der Waals surface area contributed by atoms with E-state index in [1.807, 2.05) is 0 Å². The van der Waals surface area contributed by atoms with Gasteiger partial charge in [-0.25, -0.2) is 4.21 Å². The van der Waals surface area contributed by atoms with Gasteiger partial charge in [-0.3, -0.25) is 4.18 Å². The van der Waals surface area contributed by atoms with Crippen LogP contribution in [0.5, 0.6) is 0 Å². The van der Waals surface area contributed by atoms with Crippen LogP contribution in [0, 0.1) is 0 Å². The van der Waals surface area contributed by atoms with E-state index in [1.165, 1.54) is 0 Å². The zero-order valence-corrected chi connectivity index (χ0v) is 8.24. The van der Waals surface area contributed by atoms with Gasteiger partial charge in [0.25, 0.3) is 0 Å². The van der Waals surface area contributed by atoms with E-state index in [9.17, 15) is 13.9 Å². The van der Waals surface area contributed by atoms with Crippen molar-refractivity contribution in [1.29, 1.82) is 0 Å². The zero-order valence-electron chi connectivity index (χ0n) is 7.42. The van der Waals surface area contributed by atoms with Gasteiger partial charge in [0.15, 0.2) is 6.29 Å². The highest BCUT2D eigenvalue weighted by atomic mass is 32.2. The molecule has 0 bridgehead atoms. The van der Waals surface area contributed by atoms with Crippen LogP contribution in [0.4, 0.5) is 0 Å². The average Bonchev–Trinajstić information content (AvgIpc) is 2.18. The molecule has 15 heavy (non-hydrogen) atoms. The molecule has 6 atom stereocenters. The maximum atomic E-state index is 10.2. The van der Waals surface area contributed by atoms with Crippen molar-refractivity contribution in [3.63, 3.8) is 0 Å². The van der Waals surface area contributed by atoms with Crippen LogP contribution in [0.25, 0.3) is 0 Å². The Kier molecular flexibility index (Phi) is 4.55. The molecule has 0 aliphatic carbocycles. The smallest absolute Gasteiger partial charge is 0.184 e. The number of hydrogen-bond donors (Lipinski definition) is 4. The molecule has 1 saturated heterocycles. The van der Waals surface area contributed by atoms with Crippen LogP contribution in [0.1, 0.15) is 0 Å². The summed E-state index contributed by atoms with van der Waals surface area (Å²) < 4.78 is 29.4. The van der Waals surface area contributed by atoms with Gasteiger partial charge < -0.3 is 29.7 Å². The average molecular weight is 243 g/mol. The topological polar surface area (TPSA) is 140 Å². The van der Waals surface area contributed by atoms with Gasteiger partial charge in [0.2, 0.25) is 0 Å². The third-order valence-corrected chi connectivity index (χ3v) is 2.41. The minimum absolute atomic E-state index is 0.664. The summed E-state index contributed by atoms with van der Waals surface area (Å²) >= 11 is -2.93. The fourth-order valence-corrected chi connectivity index (χ4v) is 1.70. The number of aliphatic hydroxyl groups excluding tert-OH is 4. The number of hydrogen-bond acceptors (Lipinski definition) is 8. The molecular formula is C6H11O8S-. The third kappa shape index (κ3) is 2.92. The van der Waals surface area contributed by atoms with Crippen LogP contribution in [-0.4, -0.2) is 66.5 Å². The highest BCUT2D eigenvalue weighted by molar-refractivity contribution is 7.74. The first kappa shape index (κ1) is 12.9. The maximum Gasteiger partial charge on any atom is 0.184 e. The lowest BCUT2D eigenvalue weighted by Crippen LogP contribution is -2.59. The Balaban J connectivity index is 2.75. The first-order valence-electron chi connectivity index (χ1n) is 4.04. The molecule has 90 valence electrons. The third-order valence-electron chi connectivity index (χ3n) is 2.03. The molecule has 8 nitrogen and oxygen atoms in total. The zero-order chi connectivity index (χ0) is 11.6. The van der Waals surface area contributed by atoms with Crippen molar-refractivity contribution in [3.05, 3.63) is 0 Å². The van der Waals surface area contributed by atoms with Gasteiger partial charge in [0.05, 0.1) is 18.0 Å².